The molecule has 1 fully saturated rings. The topological polar surface area (TPSA) is 45.6 Å². The van der Waals surface area contributed by atoms with Crippen molar-refractivity contribution in [1.82, 2.24) is 4.98 Å². The van der Waals surface area contributed by atoms with Gasteiger partial charge in [0.1, 0.15) is 11.5 Å². The van der Waals surface area contributed by atoms with Crippen molar-refractivity contribution in [2.24, 2.45) is 0 Å². The molecule has 2 unspecified atom stereocenters. The molecular formula is C12H15F3N2O2. The Kier molecular flexibility index (Phi) is 3.96. The van der Waals surface area contributed by atoms with E-state index < -0.39 is 18.0 Å². The largest absolute Gasteiger partial charge is 0.433 e. The smallest absolute Gasteiger partial charge is 0.394 e. The van der Waals surface area contributed by atoms with E-state index in [1.54, 1.807) is 4.90 Å². The second-order valence-corrected chi connectivity index (χ2v) is 4.52. The Hall–Kier alpha value is -1.34. The van der Waals surface area contributed by atoms with E-state index in [4.69, 9.17) is 9.84 Å². The van der Waals surface area contributed by atoms with Crippen LogP contribution < -0.4 is 4.90 Å². The SMILES string of the molecule is CC1COC(CO)CN1c1cccc(C(F)(F)F)n1. The van der Waals surface area contributed by atoms with Crippen molar-refractivity contribution in [2.75, 3.05) is 24.7 Å². The monoisotopic (exact) mass is 276 g/mol. The molecule has 0 aliphatic carbocycles. The molecule has 106 valence electrons. The van der Waals surface area contributed by atoms with Crippen molar-refractivity contribution in [3.63, 3.8) is 0 Å². The van der Waals surface area contributed by atoms with Gasteiger partial charge in [0.2, 0.25) is 0 Å². The van der Waals surface area contributed by atoms with E-state index in [-0.39, 0.29) is 18.5 Å². The summed E-state index contributed by atoms with van der Waals surface area (Å²) in [5.41, 5.74) is -0.913. The van der Waals surface area contributed by atoms with Gasteiger partial charge in [-0.3, -0.25) is 0 Å². The first kappa shape index (κ1) is 14.1. The number of anilines is 1. The maximum Gasteiger partial charge on any atom is 0.433 e. The lowest BCUT2D eigenvalue weighted by Crippen LogP contribution is -2.50. The average molecular weight is 276 g/mol. The lowest BCUT2D eigenvalue weighted by Gasteiger charge is -2.38. The van der Waals surface area contributed by atoms with Crippen molar-refractivity contribution in [3.8, 4) is 0 Å². The van der Waals surface area contributed by atoms with E-state index in [9.17, 15) is 13.2 Å². The number of hydrogen-bond donors (Lipinski definition) is 1. The minimum absolute atomic E-state index is 0.0845. The Morgan fingerprint density at radius 2 is 2.21 bits per heavy atom. The molecule has 1 aromatic heterocycles. The van der Waals surface area contributed by atoms with Crippen LogP contribution in [0.15, 0.2) is 18.2 Å². The molecule has 2 heterocycles. The Balaban J connectivity index is 2.25. The molecular weight excluding hydrogens is 261 g/mol. The fraction of sp³-hybridized carbons (Fsp3) is 0.583. The van der Waals surface area contributed by atoms with Gasteiger partial charge in [0.25, 0.3) is 0 Å². The first-order chi connectivity index (χ1) is 8.91. The van der Waals surface area contributed by atoms with Crippen LogP contribution in [0.25, 0.3) is 0 Å². The van der Waals surface area contributed by atoms with Crippen LogP contribution in [0.1, 0.15) is 12.6 Å². The first-order valence-corrected chi connectivity index (χ1v) is 5.95. The zero-order valence-electron chi connectivity index (χ0n) is 10.4. The van der Waals surface area contributed by atoms with E-state index in [1.165, 1.54) is 12.1 Å². The maximum atomic E-state index is 12.6. The highest BCUT2D eigenvalue weighted by Crippen LogP contribution is 2.29. The molecule has 0 spiro atoms. The molecule has 2 rings (SSSR count). The van der Waals surface area contributed by atoms with E-state index >= 15 is 0 Å². The van der Waals surface area contributed by atoms with Gasteiger partial charge in [0.15, 0.2) is 0 Å². The number of alkyl halides is 3. The van der Waals surface area contributed by atoms with Crippen molar-refractivity contribution < 1.29 is 23.0 Å². The molecule has 19 heavy (non-hydrogen) atoms. The minimum Gasteiger partial charge on any atom is -0.394 e. The predicted octanol–water partition coefficient (Wildman–Crippen LogP) is 1.69. The summed E-state index contributed by atoms with van der Waals surface area (Å²) in [5, 5.41) is 9.07. The number of rotatable bonds is 2. The zero-order valence-corrected chi connectivity index (χ0v) is 10.4. The normalized spacial score (nSPS) is 24.6. The zero-order chi connectivity index (χ0) is 14.0. The molecule has 0 saturated carbocycles. The van der Waals surface area contributed by atoms with Gasteiger partial charge in [0.05, 0.1) is 25.4 Å². The van der Waals surface area contributed by atoms with Crippen LogP contribution in [-0.2, 0) is 10.9 Å². The summed E-state index contributed by atoms with van der Waals surface area (Å²) < 4.78 is 43.2. The van der Waals surface area contributed by atoms with Crippen LogP contribution in [0.3, 0.4) is 0 Å². The number of pyridine rings is 1. The lowest BCUT2D eigenvalue weighted by molar-refractivity contribution is -0.141. The second kappa shape index (κ2) is 5.34. The predicted molar refractivity (Wildman–Crippen MR) is 62.9 cm³/mol. The van der Waals surface area contributed by atoms with Crippen molar-refractivity contribution in [1.29, 1.82) is 0 Å². The van der Waals surface area contributed by atoms with Crippen molar-refractivity contribution >= 4 is 5.82 Å². The average Bonchev–Trinajstić information content (AvgIpc) is 2.38. The summed E-state index contributed by atoms with van der Waals surface area (Å²) in [6, 6.07) is 3.73. The van der Waals surface area contributed by atoms with Gasteiger partial charge in [-0.2, -0.15) is 13.2 Å². The van der Waals surface area contributed by atoms with E-state index in [2.05, 4.69) is 4.98 Å². The molecule has 1 saturated heterocycles. The van der Waals surface area contributed by atoms with Gasteiger partial charge in [-0.25, -0.2) is 4.98 Å². The van der Waals surface area contributed by atoms with E-state index in [0.29, 0.717) is 13.2 Å². The van der Waals surface area contributed by atoms with Crippen LogP contribution in [0, 0.1) is 0 Å². The fourth-order valence-electron chi connectivity index (χ4n) is 1.99. The van der Waals surface area contributed by atoms with Crippen molar-refractivity contribution in [2.45, 2.75) is 25.2 Å². The minimum atomic E-state index is -4.46. The maximum absolute atomic E-state index is 12.6. The van der Waals surface area contributed by atoms with Gasteiger partial charge in [0, 0.05) is 6.54 Å². The Bertz CT molecular complexity index is 439. The lowest BCUT2D eigenvalue weighted by atomic mass is 10.2. The number of aliphatic hydroxyl groups excluding tert-OH is 1. The highest BCUT2D eigenvalue weighted by molar-refractivity contribution is 5.41. The number of ether oxygens (including phenoxy) is 1. The molecule has 0 radical (unpaired) electrons. The molecule has 1 aliphatic rings. The highest BCUT2D eigenvalue weighted by atomic mass is 19.4. The molecule has 2 atom stereocenters. The number of aliphatic hydroxyl groups is 1. The number of nitrogens with zero attached hydrogens (tertiary/aromatic N) is 2. The van der Waals surface area contributed by atoms with Crippen molar-refractivity contribution in [3.05, 3.63) is 23.9 Å². The number of halogens is 3. The van der Waals surface area contributed by atoms with Gasteiger partial charge >= 0.3 is 6.18 Å². The summed E-state index contributed by atoms with van der Waals surface area (Å²) in [6.45, 7) is 2.35. The quantitative estimate of drug-likeness (QED) is 0.893. The third-order valence-corrected chi connectivity index (χ3v) is 3.03. The molecule has 0 bridgehead atoms. The Morgan fingerprint density at radius 1 is 1.47 bits per heavy atom. The van der Waals surface area contributed by atoms with Gasteiger partial charge < -0.3 is 14.7 Å². The summed E-state index contributed by atoms with van der Waals surface area (Å²) >= 11 is 0. The summed E-state index contributed by atoms with van der Waals surface area (Å²) in [6.07, 6.45) is -4.85. The number of aromatic nitrogens is 1. The third-order valence-electron chi connectivity index (χ3n) is 3.03. The standard InChI is InChI=1S/C12H15F3N2O2/c1-8-7-19-9(6-18)5-17(8)11-4-2-3-10(16-11)12(13,14)15/h2-4,8-9,18H,5-7H2,1H3. The van der Waals surface area contributed by atoms with Gasteiger partial charge in [-0.15, -0.1) is 0 Å². The summed E-state index contributed by atoms with van der Waals surface area (Å²) in [4.78, 5) is 5.37. The molecule has 1 aliphatic heterocycles. The van der Waals surface area contributed by atoms with Gasteiger partial charge in [-0.05, 0) is 19.1 Å². The van der Waals surface area contributed by atoms with Crippen LogP contribution in [0.5, 0.6) is 0 Å². The highest BCUT2D eigenvalue weighted by Gasteiger charge is 2.34. The molecule has 0 amide bonds. The summed E-state index contributed by atoms with van der Waals surface area (Å²) in [7, 11) is 0. The molecule has 4 nitrogen and oxygen atoms in total. The van der Waals surface area contributed by atoms with Crippen LogP contribution in [-0.4, -0.2) is 42.0 Å². The van der Waals surface area contributed by atoms with Gasteiger partial charge in [-0.1, -0.05) is 6.07 Å². The summed E-state index contributed by atoms with van der Waals surface area (Å²) in [5.74, 6) is 0.254. The molecule has 7 heteroatoms. The van der Waals surface area contributed by atoms with E-state index in [1.807, 2.05) is 6.92 Å². The van der Waals surface area contributed by atoms with E-state index in [0.717, 1.165) is 6.07 Å². The Morgan fingerprint density at radius 3 is 2.84 bits per heavy atom. The third kappa shape index (κ3) is 3.16. The van der Waals surface area contributed by atoms with Crippen LogP contribution in [0.2, 0.25) is 0 Å². The fourth-order valence-corrected chi connectivity index (χ4v) is 1.99. The molecule has 1 N–H and O–H groups in total. The van der Waals surface area contributed by atoms with Crippen LogP contribution in [0.4, 0.5) is 19.0 Å². The Labute approximate surface area is 108 Å². The van der Waals surface area contributed by atoms with Crippen LogP contribution >= 0.6 is 0 Å². The number of hydrogen-bond acceptors (Lipinski definition) is 4. The second-order valence-electron chi connectivity index (χ2n) is 4.52. The molecule has 1 aromatic rings. The number of morpholine rings is 1. The molecule has 0 aromatic carbocycles. The first-order valence-electron chi connectivity index (χ1n) is 5.95.